The SMILES string of the molecule is CCc1ocnc1CNC(C)(C)C. The first-order valence-electron chi connectivity index (χ1n) is 4.69. The van der Waals surface area contributed by atoms with Gasteiger partial charge in [0.05, 0.1) is 5.69 Å². The van der Waals surface area contributed by atoms with Crippen molar-refractivity contribution in [3.05, 3.63) is 17.8 Å². The molecule has 0 fully saturated rings. The number of nitrogens with one attached hydrogen (secondary N) is 1. The molecule has 3 nitrogen and oxygen atoms in total. The molecule has 74 valence electrons. The van der Waals surface area contributed by atoms with Crippen LogP contribution in [0.15, 0.2) is 10.8 Å². The summed E-state index contributed by atoms with van der Waals surface area (Å²) in [5, 5.41) is 3.38. The number of hydrogen-bond acceptors (Lipinski definition) is 3. The Morgan fingerprint density at radius 2 is 2.15 bits per heavy atom. The molecular weight excluding hydrogens is 164 g/mol. The van der Waals surface area contributed by atoms with Crippen molar-refractivity contribution in [1.29, 1.82) is 0 Å². The summed E-state index contributed by atoms with van der Waals surface area (Å²) in [4.78, 5) is 4.16. The maximum absolute atomic E-state index is 5.23. The van der Waals surface area contributed by atoms with Crippen molar-refractivity contribution in [3.8, 4) is 0 Å². The van der Waals surface area contributed by atoms with Crippen LogP contribution in [-0.2, 0) is 13.0 Å². The van der Waals surface area contributed by atoms with Crippen molar-refractivity contribution >= 4 is 0 Å². The van der Waals surface area contributed by atoms with Crippen LogP contribution in [0.5, 0.6) is 0 Å². The highest BCUT2D eigenvalue weighted by molar-refractivity contribution is 5.06. The molecule has 0 aromatic carbocycles. The monoisotopic (exact) mass is 182 g/mol. The molecule has 0 atom stereocenters. The normalized spacial score (nSPS) is 12.0. The van der Waals surface area contributed by atoms with Gasteiger partial charge in [-0.3, -0.25) is 0 Å². The van der Waals surface area contributed by atoms with Gasteiger partial charge in [-0.05, 0) is 20.8 Å². The third-order valence-corrected chi connectivity index (χ3v) is 1.83. The van der Waals surface area contributed by atoms with Crippen LogP contribution in [0.3, 0.4) is 0 Å². The van der Waals surface area contributed by atoms with Gasteiger partial charge in [0.15, 0.2) is 6.39 Å². The number of aromatic nitrogens is 1. The molecule has 3 heteroatoms. The Morgan fingerprint density at radius 1 is 1.46 bits per heavy atom. The van der Waals surface area contributed by atoms with Crippen molar-refractivity contribution in [2.75, 3.05) is 0 Å². The fourth-order valence-electron chi connectivity index (χ4n) is 1.07. The summed E-state index contributed by atoms with van der Waals surface area (Å²) in [5.41, 5.74) is 1.15. The van der Waals surface area contributed by atoms with Gasteiger partial charge in [0, 0.05) is 18.5 Å². The largest absolute Gasteiger partial charge is 0.448 e. The van der Waals surface area contributed by atoms with Gasteiger partial charge in [-0.25, -0.2) is 4.98 Å². The van der Waals surface area contributed by atoms with Gasteiger partial charge in [0.2, 0.25) is 0 Å². The minimum atomic E-state index is 0.129. The number of oxazole rings is 1. The Hall–Kier alpha value is -0.830. The molecule has 0 radical (unpaired) electrons. The Kier molecular flexibility index (Phi) is 3.09. The summed E-state index contributed by atoms with van der Waals surface area (Å²) in [5.74, 6) is 0.983. The van der Waals surface area contributed by atoms with E-state index in [1.54, 1.807) is 0 Å². The smallest absolute Gasteiger partial charge is 0.181 e. The Morgan fingerprint density at radius 3 is 2.69 bits per heavy atom. The molecule has 1 aromatic heterocycles. The first-order valence-corrected chi connectivity index (χ1v) is 4.69. The lowest BCUT2D eigenvalue weighted by Crippen LogP contribution is -2.35. The maximum atomic E-state index is 5.23. The van der Waals surface area contributed by atoms with E-state index in [2.05, 4.69) is 38.0 Å². The van der Waals surface area contributed by atoms with Crippen LogP contribution in [0, 0.1) is 0 Å². The summed E-state index contributed by atoms with van der Waals surface area (Å²) in [6.07, 6.45) is 2.42. The van der Waals surface area contributed by atoms with Crippen LogP contribution >= 0.6 is 0 Å². The number of hydrogen-bond donors (Lipinski definition) is 1. The molecule has 0 aliphatic carbocycles. The van der Waals surface area contributed by atoms with Gasteiger partial charge < -0.3 is 9.73 Å². The second-order valence-electron chi connectivity index (χ2n) is 4.18. The Labute approximate surface area is 79.5 Å². The zero-order valence-electron chi connectivity index (χ0n) is 8.85. The number of rotatable bonds is 3. The summed E-state index contributed by atoms with van der Waals surface area (Å²) >= 11 is 0. The van der Waals surface area contributed by atoms with Crippen LogP contribution in [0.4, 0.5) is 0 Å². The van der Waals surface area contributed by atoms with E-state index in [1.807, 2.05) is 0 Å². The Bertz CT molecular complexity index is 260. The van der Waals surface area contributed by atoms with Crippen LogP contribution in [0.1, 0.15) is 39.1 Å². The van der Waals surface area contributed by atoms with E-state index in [1.165, 1.54) is 6.39 Å². The molecule has 1 aromatic rings. The van der Waals surface area contributed by atoms with E-state index < -0.39 is 0 Å². The van der Waals surface area contributed by atoms with Gasteiger partial charge in [0.1, 0.15) is 5.76 Å². The lowest BCUT2D eigenvalue weighted by Gasteiger charge is -2.19. The molecule has 0 aliphatic heterocycles. The van der Waals surface area contributed by atoms with E-state index in [0.29, 0.717) is 0 Å². The highest BCUT2D eigenvalue weighted by atomic mass is 16.3. The molecule has 0 bridgehead atoms. The van der Waals surface area contributed by atoms with E-state index in [-0.39, 0.29) is 5.54 Å². The van der Waals surface area contributed by atoms with Crippen LogP contribution in [0.2, 0.25) is 0 Å². The topological polar surface area (TPSA) is 38.1 Å². The minimum absolute atomic E-state index is 0.129. The van der Waals surface area contributed by atoms with E-state index in [0.717, 1.165) is 24.4 Å². The lowest BCUT2D eigenvalue weighted by molar-refractivity contribution is 0.418. The predicted octanol–water partition coefficient (Wildman–Crippen LogP) is 2.13. The van der Waals surface area contributed by atoms with Crippen molar-refractivity contribution in [2.24, 2.45) is 0 Å². The number of aryl methyl sites for hydroxylation is 1. The average molecular weight is 182 g/mol. The van der Waals surface area contributed by atoms with Crippen molar-refractivity contribution < 1.29 is 4.42 Å². The molecule has 1 N–H and O–H groups in total. The van der Waals surface area contributed by atoms with Gasteiger partial charge in [0.25, 0.3) is 0 Å². The van der Waals surface area contributed by atoms with Gasteiger partial charge in [-0.2, -0.15) is 0 Å². The molecule has 0 saturated heterocycles. The van der Waals surface area contributed by atoms with E-state index >= 15 is 0 Å². The molecule has 0 saturated carbocycles. The molecule has 13 heavy (non-hydrogen) atoms. The first-order chi connectivity index (χ1) is 6.03. The van der Waals surface area contributed by atoms with Crippen LogP contribution in [0.25, 0.3) is 0 Å². The van der Waals surface area contributed by atoms with Crippen molar-refractivity contribution in [3.63, 3.8) is 0 Å². The molecular formula is C10H18N2O. The van der Waals surface area contributed by atoms with E-state index in [4.69, 9.17) is 4.42 Å². The molecule has 0 aliphatic rings. The fourth-order valence-corrected chi connectivity index (χ4v) is 1.07. The van der Waals surface area contributed by atoms with Gasteiger partial charge >= 0.3 is 0 Å². The summed E-state index contributed by atoms with van der Waals surface area (Å²) in [7, 11) is 0. The predicted molar refractivity (Wildman–Crippen MR) is 52.5 cm³/mol. The quantitative estimate of drug-likeness (QED) is 0.778. The molecule has 0 unspecified atom stereocenters. The third-order valence-electron chi connectivity index (χ3n) is 1.83. The summed E-state index contributed by atoms with van der Waals surface area (Å²) in [6, 6.07) is 0. The highest BCUT2D eigenvalue weighted by Crippen LogP contribution is 2.09. The van der Waals surface area contributed by atoms with Gasteiger partial charge in [-0.15, -0.1) is 0 Å². The molecule has 1 rings (SSSR count). The molecule has 0 spiro atoms. The van der Waals surface area contributed by atoms with E-state index in [9.17, 15) is 0 Å². The standard InChI is InChI=1S/C10H18N2O/c1-5-9-8(11-7-13-9)6-12-10(2,3)4/h7,12H,5-6H2,1-4H3. The van der Waals surface area contributed by atoms with Crippen molar-refractivity contribution in [2.45, 2.75) is 46.2 Å². The molecule has 0 amide bonds. The first kappa shape index (κ1) is 10.3. The number of nitrogens with zero attached hydrogens (tertiary/aromatic N) is 1. The third kappa shape index (κ3) is 3.19. The van der Waals surface area contributed by atoms with Crippen LogP contribution < -0.4 is 5.32 Å². The lowest BCUT2D eigenvalue weighted by atomic mass is 10.1. The Balaban J connectivity index is 2.54. The van der Waals surface area contributed by atoms with Crippen LogP contribution in [-0.4, -0.2) is 10.5 Å². The summed E-state index contributed by atoms with van der Waals surface area (Å²) < 4.78 is 5.23. The average Bonchev–Trinajstić information content (AvgIpc) is 2.46. The summed E-state index contributed by atoms with van der Waals surface area (Å²) in [6.45, 7) is 9.26. The zero-order chi connectivity index (χ0) is 9.90. The highest BCUT2D eigenvalue weighted by Gasteiger charge is 2.11. The molecule has 1 heterocycles. The van der Waals surface area contributed by atoms with Gasteiger partial charge in [-0.1, -0.05) is 6.92 Å². The second-order valence-corrected chi connectivity index (χ2v) is 4.18. The zero-order valence-corrected chi connectivity index (χ0v) is 8.85. The second kappa shape index (κ2) is 3.92. The van der Waals surface area contributed by atoms with Crippen molar-refractivity contribution in [1.82, 2.24) is 10.3 Å². The maximum Gasteiger partial charge on any atom is 0.181 e. The fraction of sp³-hybridized carbons (Fsp3) is 0.700. The minimum Gasteiger partial charge on any atom is -0.448 e.